The highest BCUT2D eigenvalue weighted by Gasteiger charge is 2.15. The van der Waals surface area contributed by atoms with E-state index in [2.05, 4.69) is 10.1 Å². The number of hydrogen-bond acceptors (Lipinski definition) is 5. The lowest BCUT2D eigenvalue weighted by Crippen LogP contribution is -2.17. The summed E-state index contributed by atoms with van der Waals surface area (Å²) < 4.78 is 15.4. The molecular formula is C18H22N4O3S. The molecule has 3 rings (SSSR count). The maximum absolute atomic E-state index is 12.7. The number of methoxy groups -OCH3 is 2. The molecule has 26 heavy (non-hydrogen) atoms. The summed E-state index contributed by atoms with van der Waals surface area (Å²) in [6.07, 6.45) is 0. The molecule has 0 bridgehead atoms. The van der Waals surface area contributed by atoms with Crippen molar-refractivity contribution in [2.24, 2.45) is 4.99 Å². The average Bonchev–Trinajstić information content (AvgIpc) is 3.19. The standard InChI is InChI=1S/C18H22N4O3S/c1-6-21-12-9-14(24-4)15(25-5)10-16(12)26-18(21)19-17(23)13-8-11(3)20-22(13)7-2/h8-10H,6-7H2,1-5H3. The van der Waals surface area contributed by atoms with Gasteiger partial charge in [0.15, 0.2) is 16.3 Å². The fourth-order valence-corrected chi connectivity index (χ4v) is 3.99. The maximum Gasteiger partial charge on any atom is 0.297 e. The smallest absolute Gasteiger partial charge is 0.297 e. The summed E-state index contributed by atoms with van der Waals surface area (Å²) >= 11 is 1.45. The molecule has 2 heterocycles. The number of nitrogens with zero attached hydrogens (tertiary/aromatic N) is 4. The summed E-state index contributed by atoms with van der Waals surface area (Å²) in [5, 5.41) is 4.32. The molecule has 0 aliphatic carbocycles. The van der Waals surface area contributed by atoms with Crippen molar-refractivity contribution in [1.29, 1.82) is 0 Å². The van der Waals surface area contributed by atoms with Crippen molar-refractivity contribution in [3.8, 4) is 11.5 Å². The minimum absolute atomic E-state index is 0.292. The largest absolute Gasteiger partial charge is 0.493 e. The Hall–Kier alpha value is -2.61. The van der Waals surface area contributed by atoms with Crippen LogP contribution in [0.15, 0.2) is 23.2 Å². The zero-order valence-corrected chi connectivity index (χ0v) is 16.4. The minimum Gasteiger partial charge on any atom is -0.493 e. The first kappa shape index (κ1) is 18.2. The number of carbonyl (C=O) groups is 1. The van der Waals surface area contributed by atoms with Crippen molar-refractivity contribution in [1.82, 2.24) is 14.3 Å². The van der Waals surface area contributed by atoms with E-state index < -0.39 is 0 Å². The van der Waals surface area contributed by atoms with Crippen LogP contribution in [0.3, 0.4) is 0 Å². The second-order valence-electron chi connectivity index (χ2n) is 5.71. The van der Waals surface area contributed by atoms with Crippen LogP contribution < -0.4 is 14.3 Å². The molecular weight excluding hydrogens is 352 g/mol. The predicted octanol–water partition coefficient (Wildman–Crippen LogP) is 3.01. The topological polar surface area (TPSA) is 70.6 Å². The van der Waals surface area contributed by atoms with Gasteiger partial charge in [-0.15, -0.1) is 0 Å². The Morgan fingerprint density at radius 2 is 1.85 bits per heavy atom. The highest BCUT2D eigenvalue weighted by Crippen LogP contribution is 2.33. The Morgan fingerprint density at radius 3 is 2.46 bits per heavy atom. The normalized spacial score (nSPS) is 12.0. The van der Waals surface area contributed by atoms with E-state index in [1.165, 1.54) is 11.3 Å². The van der Waals surface area contributed by atoms with Crippen LogP contribution in [-0.4, -0.2) is 34.5 Å². The van der Waals surface area contributed by atoms with Crippen LogP contribution in [0.2, 0.25) is 0 Å². The highest BCUT2D eigenvalue weighted by atomic mass is 32.1. The van der Waals surface area contributed by atoms with Crippen LogP contribution in [-0.2, 0) is 13.1 Å². The second-order valence-corrected chi connectivity index (χ2v) is 6.72. The van der Waals surface area contributed by atoms with Gasteiger partial charge in [0.05, 0.1) is 30.1 Å². The lowest BCUT2D eigenvalue weighted by atomic mass is 10.3. The zero-order chi connectivity index (χ0) is 18.8. The number of benzene rings is 1. The molecule has 0 fully saturated rings. The van der Waals surface area contributed by atoms with Crippen molar-refractivity contribution in [3.05, 3.63) is 34.4 Å². The van der Waals surface area contributed by atoms with Crippen molar-refractivity contribution < 1.29 is 14.3 Å². The molecule has 0 saturated carbocycles. The van der Waals surface area contributed by atoms with Crippen LogP contribution in [0.4, 0.5) is 0 Å². The molecule has 0 radical (unpaired) electrons. The van der Waals surface area contributed by atoms with E-state index in [4.69, 9.17) is 9.47 Å². The number of hydrogen-bond donors (Lipinski definition) is 0. The number of ether oxygens (including phenoxy) is 2. The fourth-order valence-electron chi connectivity index (χ4n) is 2.89. The molecule has 0 aliphatic rings. The van der Waals surface area contributed by atoms with E-state index >= 15 is 0 Å². The first-order valence-electron chi connectivity index (χ1n) is 8.41. The number of amides is 1. The molecule has 0 aliphatic heterocycles. The summed E-state index contributed by atoms with van der Waals surface area (Å²) in [5.74, 6) is 1.01. The van der Waals surface area contributed by atoms with Gasteiger partial charge in [0.2, 0.25) is 0 Å². The second kappa shape index (κ2) is 7.33. The molecule has 0 atom stereocenters. The Bertz CT molecular complexity index is 1030. The molecule has 1 amide bonds. The predicted molar refractivity (Wildman–Crippen MR) is 101 cm³/mol. The van der Waals surface area contributed by atoms with E-state index in [1.54, 1.807) is 25.0 Å². The Labute approximate surface area is 155 Å². The van der Waals surface area contributed by atoms with Crippen molar-refractivity contribution in [2.75, 3.05) is 14.2 Å². The van der Waals surface area contributed by atoms with Crippen molar-refractivity contribution >= 4 is 27.5 Å². The molecule has 138 valence electrons. The SMILES string of the molecule is CCn1nc(C)cc1C(=O)N=c1sc2cc(OC)c(OC)cc2n1CC. The van der Waals surface area contributed by atoms with Gasteiger partial charge in [-0.2, -0.15) is 10.1 Å². The number of rotatable bonds is 5. The summed E-state index contributed by atoms with van der Waals surface area (Å²) in [7, 11) is 3.21. The van der Waals surface area contributed by atoms with Gasteiger partial charge in [-0.3, -0.25) is 9.48 Å². The molecule has 8 heteroatoms. The van der Waals surface area contributed by atoms with Gasteiger partial charge in [0.1, 0.15) is 5.69 Å². The van der Waals surface area contributed by atoms with Crippen molar-refractivity contribution in [2.45, 2.75) is 33.9 Å². The molecule has 0 N–H and O–H groups in total. The van der Waals surface area contributed by atoms with Crippen LogP contribution in [0, 0.1) is 6.92 Å². The van der Waals surface area contributed by atoms with Gasteiger partial charge < -0.3 is 14.0 Å². The Balaban J connectivity index is 2.17. The van der Waals surface area contributed by atoms with Crippen LogP contribution in [0.5, 0.6) is 11.5 Å². The van der Waals surface area contributed by atoms with Gasteiger partial charge in [-0.1, -0.05) is 11.3 Å². The summed E-state index contributed by atoms with van der Waals surface area (Å²) in [6.45, 7) is 7.15. The van der Waals surface area contributed by atoms with E-state index in [-0.39, 0.29) is 5.91 Å². The number of aryl methyl sites for hydroxylation is 3. The van der Waals surface area contributed by atoms with E-state index in [1.807, 2.05) is 37.5 Å². The van der Waals surface area contributed by atoms with E-state index in [9.17, 15) is 4.79 Å². The summed E-state index contributed by atoms with van der Waals surface area (Å²) in [4.78, 5) is 17.7. The van der Waals surface area contributed by atoms with Gasteiger partial charge in [0.25, 0.3) is 5.91 Å². The highest BCUT2D eigenvalue weighted by molar-refractivity contribution is 7.16. The average molecular weight is 374 g/mol. The summed E-state index contributed by atoms with van der Waals surface area (Å²) in [5.41, 5.74) is 2.27. The van der Waals surface area contributed by atoms with Gasteiger partial charge >= 0.3 is 0 Å². The van der Waals surface area contributed by atoms with Crippen molar-refractivity contribution in [3.63, 3.8) is 0 Å². The summed E-state index contributed by atoms with van der Waals surface area (Å²) in [6, 6.07) is 5.60. The van der Waals surface area contributed by atoms with Crippen LogP contribution >= 0.6 is 11.3 Å². The quantitative estimate of drug-likeness (QED) is 0.688. The van der Waals surface area contributed by atoms with E-state index in [0.29, 0.717) is 35.1 Å². The van der Waals surface area contributed by atoms with Gasteiger partial charge in [-0.25, -0.2) is 0 Å². The zero-order valence-electron chi connectivity index (χ0n) is 15.6. The number of fused-ring (bicyclic) bond motifs is 1. The molecule has 7 nitrogen and oxygen atoms in total. The third-order valence-electron chi connectivity index (χ3n) is 4.12. The first-order chi connectivity index (χ1) is 12.5. The number of aromatic nitrogens is 3. The third-order valence-corrected chi connectivity index (χ3v) is 5.16. The number of carbonyl (C=O) groups excluding carboxylic acids is 1. The lowest BCUT2D eigenvalue weighted by molar-refractivity contribution is 0.0987. The minimum atomic E-state index is -0.292. The van der Waals surface area contributed by atoms with Crippen LogP contribution in [0.1, 0.15) is 30.0 Å². The fraction of sp³-hybridized carbons (Fsp3) is 0.389. The van der Waals surface area contributed by atoms with Crippen LogP contribution in [0.25, 0.3) is 10.2 Å². The van der Waals surface area contributed by atoms with Gasteiger partial charge in [-0.05, 0) is 26.8 Å². The molecule has 1 aromatic carbocycles. The van der Waals surface area contributed by atoms with Gasteiger partial charge in [0, 0.05) is 25.2 Å². The molecule has 0 saturated heterocycles. The molecule has 0 spiro atoms. The lowest BCUT2D eigenvalue weighted by Gasteiger charge is -2.08. The molecule has 0 unspecified atom stereocenters. The molecule has 2 aromatic heterocycles. The monoisotopic (exact) mass is 374 g/mol. The first-order valence-corrected chi connectivity index (χ1v) is 9.22. The number of thiazole rings is 1. The Morgan fingerprint density at radius 1 is 1.15 bits per heavy atom. The molecule has 3 aromatic rings. The van der Waals surface area contributed by atoms with E-state index in [0.717, 1.165) is 15.9 Å². The third kappa shape index (κ3) is 3.12. The Kier molecular flexibility index (Phi) is 5.13. The maximum atomic E-state index is 12.7.